The number of carboxylic acids is 1. The lowest BCUT2D eigenvalue weighted by Crippen LogP contribution is -2.57. The Bertz CT molecular complexity index is 554. The molecule has 1 unspecified atom stereocenters. The topological polar surface area (TPSA) is 112 Å². The van der Waals surface area contributed by atoms with Crippen LogP contribution in [0.4, 0.5) is 4.79 Å². The number of amides is 2. The summed E-state index contributed by atoms with van der Waals surface area (Å²) in [5.74, 6) is -1.11. The molecule has 21 heavy (non-hydrogen) atoms. The van der Waals surface area contributed by atoms with Crippen LogP contribution in [-0.2, 0) is 0 Å². The first kappa shape index (κ1) is 13.8. The molecule has 2 fully saturated rings. The van der Waals surface area contributed by atoms with Crippen LogP contribution in [0.2, 0.25) is 0 Å². The monoisotopic (exact) mass is 295 g/mol. The summed E-state index contributed by atoms with van der Waals surface area (Å²) in [6.07, 6.45) is 2.49. The van der Waals surface area contributed by atoms with E-state index in [0.717, 1.165) is 12.8 Å². The number of aliphatic hydroxyl groups is 1. The van der Waals surface area contributed by atoms with Gasteiger partial charge >= 0.3 is 12.0 Å². The van der Waals surface area contributed by atoms with Crippen molar-refractivity contribution >= 4 is 12.0 Å². The number of carboxylic acid groups (broad SMARTS) is 1. The van der Waals surface area contributed by atoms with E-state index in [4.69, 9.17) is 5.11 Å². The molecule has 1 aromatic heterocycles. The van der Waals surface area contributed by atoms with Gasteiger partial charge in [-0.25, -0.2) is 14.3 Å². The maximum absolute atomic E-state index is 12.2. The van der Waals surface area contributed by atoms with Crippen LogP contribution in [-0.4, -0.2) is 79.3 Å². The van der Waals surface area contributed by atoms with E-state index in [2.05, 4.69) is 10.3 Å². The molecular weight excluding hydrogens is 278 g/mol. The van der Waals surface area contributed by atoms with Gasteiger partial charge < -0.3 is 20.0 Å². The third-order valence-electron chi connectivity index (χ3n) is 3.90. The molecule has 9 heteroatoms. The summed E-state index contributed by atoms with van der Waals surface area (Å²) in [5, 5.41) is 25.7. The predicted molar refractivity (Wildman–Crippen MR) is 69.8 cm³/mol. The highest BCUT2D eigenvalue weighted by atomic mass is 16.4. The van der Waals surface area contributed by atoms with Gasteiger partial charge in [0.15, 0.2) is 5.69 Å². The summed E-state index contributed by atoms with van der Waals surface area (Å²) in [5.41, 5.74) is -0.0982. The van der Waals surface area contributed by atoms with Crippen molar-refractivity contribution < 1.29 is 19.8 Å². The highest BCUT2D eigenvalue weighted by Gasteiger charge is 2.36. The summed E-state index contributed by atoms with van der Waals surface area (Å²) in [7, 11) is 0. The molecule has 0 aromatic carbocycles. The number of aliphatic hydroxyl groups excluding tert-OH is 1. The molecule has 2 aliphatic rings. The highest BCUT2D eigenvalue weighted by molar-refractivity contribution is 5.84. The molecule has 0 radical (unpaired) electrons. The van der Waals surface area contributed by atoms with Crippen molar-refractivity contribution in [3.8, 4) is 0 Å². The van der Waals surface area contributed by atoms with E-state index in [9.17, 15) is 14.7 Å². The lowest BCUT2D eigenvalue weighted by atomic mass is 10.1. The number of nitrogens with zero attached hydrogens (tertiary/aromatic N) is 5. The van der Waals surface area contributed by atoms with Gasteiger partial charge in [-0.2, -0.15) is 0 Å². The molecule has 114 valence electrons. The quantitative estimate of drug-likeness (QED) is 0.754. The molecule has 0 spiro atoms. The fourth-order valence-electron chi connectivity index (χ4n) is 2.66. The number of rotatable bonds is 2. The molecule has 9 nitrogen and oxygen atoms in total. The summed E-state index contributed by atoms with van der Waals surface area (Å²) >= 11 is 0. The molecule has 0 saturated carbocycles. The van der Waals surface area contributed by atoms with Gasteiger partial charge in [-0.3, -0.25) is 0 Å². The minimum atomic E-state index is -1.11. The number of carbonyl (C=O) groups is 2. The highest BCUT2D eigenvalue weighted by Crippen LogP contribution is 2.23. The van der Waals surface area contributed by atoms with Crippen molar-refractivity contribution in [2.75, 3.05) is 26.2 Å². The van der Waals surface area contributed by atoms with E-state index in [-0.39, 0.29) is 17.8 Å². The third-order valence-corrected chi connectivity index (χ3v) is 3.90. The largest absolute Gasteiger partial charge is 0.476 e. The van der Waals surface area contributed by atoms with Crippen LogP contribution in [0.1, 0.15) is 29.4 Å². The second kappa shape index (κ2) is 5.32. The molecule has 2 saturated heterocycles. The number of piperidine rings is 1. The van der Waals surface area contributed by atoms with Gasteiger partial charge in [0.2, 0.25) is 0 Å². The maximum atomic E-state index is 12.2. The van der Waals surface area contributed by atoms with E-state index >= 15 is 0 Å². The molecule has 0 aliphatic carbocycles. The lowest BCUT2D eigenvalue weighted by molar-refractivity contribution is 0.0488. The zero-order valence-corrected chi connectivity index (χ0v) is 11.4. The minimum absolute atomic E-state index is 0.0377. The first-order valence-electron chi connectivity index (χ1n) is 6.91. The van der Waals surface area contributed by atoms with E-state index in [1.165, 1.54) is 10.9 Å². The van der Waals surface area contributed by atoms with Gasteiger partial charge in [0.25, 0.3) is 0 Å². The van der Waals surface area contributed by atoms with Crippen LogP contribution in [0.25, 0.3) is 0 Å². The maximum Gasteiger partial charge on any atom is 0.358 e. The second-order valence-corrected chi connectivity index (χ2v) is 5.47. The first-order chi connectivity index (χ1) is 10.0. The molecule has 1 aromatic rings. The Labute approximate surface area is 120 Å². The van der Waals surface area contributed by atoms with Gasteiger partial charge in [0, 0.05) is 26.2 Å². The molecule has 3 rings (SSSR count). The predicted octanol–water partition coefficient (Wildman–Crippen LogP) is -0.590. The standard InChI is InChI=1S/C12H17N5O4/c18-9-2-1-3-15(6-9)12(21)16-4-8(5-16)17-7-10(11(19)20)13-14-17/h7-9,18H,1-6H2,(H,19,20). The third kappa shape index (κ3) is 2.68. The van der Waals surface area contributed by atoms with Gasteiger partial charge in [-0.05, 0) is 12.8 Å². The summed E-state index contributed by atoms with van der Waals surface area (Å²) < 4.78 is 1.48. The molecule has 2 aliphatic heterocycles. The van der Waals surface area contributed by atoms with Crippen molar-refractivity contribution in [1.29, 1.82) is 0 Å². The van der Waals surface area contributed by atoms with Crippen molar-refractivity contribution in [3.63, 3.8) is 0 Å². The number of hydrogen-bond donors (Lipinski definition) is 2. The molecule has 2 amide bonds. The first-order valence-corrected chi connectivity index (χ1v) is 6.91. The summed E-state index contributed by atoms with van der Waals surface area (Å²) in [4.78, 5) is 26.3. The fourth-order valence-corrected chi connectivity index (χ4v) is 2.66. The average Bonchev–Trinajstić information content (AvgIpc) is 2.86. The summed E-state index contributed by atoms with van der Waals surface area (Å²) in [6.45, 7) is 2.01. The average molecular weight is 295 g/mol. The van der Waals surface area contributed by atoms with Gasteiger partial charge in [0.05, 0.1) is 18.3 Å². The van der Waals surface area contributed by atoms with Crippen LogP contribution in [0.5, 0.6) is 0 Å². The van der Waals surface area contributed by atoms with E-state index in [1.807, 2.05) is 0 Å². The van der Waals surface area contributed by atoms with Crippen molar-refractivity contribution in [2.24, 2.45) is 0 Å². The van der Waals surface area contributed by atoms with Crippen molar-refractivity contribution in [1.82, 2.24) is 24.8 Å². The molecule has 2 N–H and O–H groups in total. The summed E-state index contributed by atoms with van der Waals surface area (Å²) in [6, 6.07) is -0.118. The number of urea groups is 1. The molecule has 3 heterocycles. The Morgan fingerprint density at radius 2 is 2.00 bits per heavy atom. The molecule has 1 atom stereocenters. The molecule has 0 bridgehead atoms. The minimum Gasteiger partial charge on any atom is -0.476 e. The van der Waals surface area contributed by atoms with Crippen LogP contribution >= 0.6 is 0 Å². The van der Waals surface area contributed by atoms with Crippen molar-refractivity contribution in [2.45, 2.75) is 25.0 Å². The van der Waals surface area contributed by atoms with E-state index < -0.39 is 12.1 Å². The van der Waals surface area contributed by atoms with Crippen LogP contribution < -0.4 is 0 Å². The second-order valence-electron chi connectivity index (χ2n) is 5.47. The van der Waals surface area contributed by atoms with E-state index in [0.29, 0.717) is 26.2 Å². The van der Waals surface area contributed by atoms with Gasteiger partial charge in [-0.1, -0.05) is 5.21 Å². The Kier molecular flexibility index (Phi) is 3.50. The smallest absolute Gasteiger partial charge is 0.358 e. The Morgan fingerprint density at radius 1 is 1.24 bits per heavy atom. The number of likely N-dealkylation sites (tertiary alicyclic amines) is 2. The van der Waals surface area contributed by atoms with Crippen LogP contribution in [0.3, 0.4) is 0 Å². The normalized spacial score (nSPS) is 23.0. The van der Waals surface area contributed by atoms with Crippen LogP contribution in [0.15, 0.2) is 6.20 Å². The number of hydrogen-bond acceptors (Lipinski definition) is 5. The Hall–Kier alpha value is -2.16. The van der Waals surface area contributed by atoms with E-state index in [1.54, 1.807) is 9.80 Å². The number of aromatic carboxylic acids is 1. The fraction of sp³-hybridized carbons (Fsp3) is 0.667. The SMILES string of the molecule is O=C(O)c1cn(C2CN(C(=O)N3CCCC(O)C3)C2)nn1. The molecular formula is C12H17N5O4. The number of β-amino-alcohol motifs (C(OH)–C–C–N with tert-alkyl or cyclic N) is 1. The Balaban J connectivity index is 1.55. The van der Waals surface area contributed by atoms with Crippen molar-refractivity contribution in [3.05, 3.63) is 11.9 Å². The van der Waals surface area contributed by atoms with Gasteiger partial charge in [-0.15, -0.1) is 5.10 Å². The zero-order chi connectivity index (χ0) is 15.0. The number of carbonyl (C=O) groups excluding carboxylic acids is 1. The van der Waals surface area contributed by atoms with Gasteiger partial charge in [0.1, 0.15) is 0 Å². The number of aromatic nitrogens is 3. The Morgan fingerprint density at radius 3 is 2.62 bits per heavy atom. The lowest BCUT2D eigenvalue weighted by Gasteiger charge is -2.42. The van der Waals surface area contributed by atoms with Crippen LogP contribution in [0, 0.1) is 0 Å². The zero-order valence-electron chi connectivity index (χ0n) is 11.4.